The minimum atomic E-state index is 0.0146. The van der Waals surface area contributed by atoms with Crippen molar-refractivity contribution in [2.24, 2.45) is 10.8 Å². The van der Waals surface area contributed by atoms with Crippen molar-refractivity contribution in [2.45, 2.75) is 100 Å². The molecule has 280 valence electrons. The molecule has 0 bridgehead atoms. The van der Waals surface area contributed by atoms with Crippen LogP contribution >= 0.6 is 11.6 Å². The smallest absolute Gasteiger partial charge is 0.163 e. The second-order valence-electron chi connectivity index (χ2n) is 18.8. The summed E-state index contributed by atoms with van der Waals surface area (Å²) < 4.78 is 12.1. The van der Waals surface area contributed by atoms with Crippen molar-refractivity contribution in [1.29, 1.82) is 0 Å². The second-order valence-corrected chi connectivity index (χ2v) is 19.1. The maximum atomic E-state index is 7.91. The number of hydrogen-bond acceptors (Lipinski definition) is 4. The number of hydrogen-bond donors (Lipinski definition) is 0. The summed E-state index contributed by atoms with van der Waals surface area (Å²) in [6.45, 7) is 24.0. The van der Waals surface area contributed by atoms with Gasteiger partial charge in [-0.05, 0) is 156 Å². The lowest BCUT2D eigenvalue weighted by atomic mass is 9.84. The third-order valence-corrected chi connectivity index (χ3v) is 12.0. The largest absolute Gasteiger partial charge is 0.486 e. The molecule has 54 heavy (non-hydrogen) atoms. The molecule has 4 nitrogen and oxygen atoms in total. The minimum Gasteiger partial charge on any atom is -0.486 e. The Morgan fingerprint density at radius 1 is 0.556 bits per heavy atom. The molecule has 0 fully saturated rings. The molecule has 1 aliphatic heterocycles. The van der Waals surface area contributed by atoms with Crippen LogP contribution in [0.5, 0.6) is 11.5 Å². The predicted molar refractivity (Wildman–Crippen MR) is 227 cm³/mol. The van der Waals surface area contributed by atoms with Crippen LogP contribution in [0, 0.1) is 31.6 Å². The van der Waals surface area contributed by atoms with E-state index < -0.39 is 0 Å². The lowest BCUT2D eigenvalue weighted by molar-refractivity contribution is 0.171. The van der Waals surface area contributed by atoms with Gasteiger partial charge in [0.2, 0.25) is 0 Å². The molecule has 0 unspecified atom stereocenters. The van der Waals surface area contributed by atoms with Gasteiger partial charge < -0.3 is 19.3 Å². The van der Waals surface area contributed by atoms with Gasteiger partial charge in [-0.1, -0.05) is 84.3 Å². The van der Waals surface area contributed by atoms with Crippen molar-refractivity contribution in [3.05, 3.63) is 128 Å². The van der Waals surface area contributed by atoms with Crippen LogP contribution < -0.4 is 19.3 Å². The molecule has 0 radical (unpaired) electrons. The molecule has 5 heteroatoms. The fourth-order valence-electron chi connectivity index (χ4n) is 9.15. The fraction of sp³-hybridized carbons (Fsp3) is 0.388. The van der Waals surface area contributed by atoms with E-state index in [0.717, 1.165) is 76.9 Å². The molecule has 0 atom stereocenters. The Morgan fingerprint density at radius 3 is 1.56 bits per heavy atom. The zero-order valence-electron chi connectivity index (χ0n) is 33.8. The van der Waals surface area contributed by atoms with E-state index in [4.69, 9.17) is 21.1 Å². The highest BCUT2D eigenvalue weighted by molar-refractivity contribution is 6.36. The molecule has 0 spiro atoms. The number of rotatable bonds is 6. The second kappa shape index (κ2) is 13.1. The Labute approximate surface area is 328 Å². The summed E-state index contributed by atoms with van der Waals surface area (Å²) >= 11 is 7.91. The molecule has 2 aliphatic carbocycles. The average molecular weight is 739 g/mol. The van der Waals surface area contributed by atoms with Crippen molar-refractivity contribution >= 4 is 45.7 Å². The molecule has 0 saturated carbocycles. The van der Waals surface area contributed by atoms with Crippen LogP contribution in [0.25, 0.3) is 0 Å². The van der Waals surface area contributed by atoms with Crippen molar-refractivity contribution in [3.8, 4) is 11.5 Å². The Balaban J connectivity index is 1.36. The van der Waals surface area contributed by atoms with E-state index in [1.54, 1.807) is 0 Å². The normalized spacial score (nSPS) is 16.6. The van der Waals surface area contributed by atoms with E-state index in [9.17, 15) is 0 Å². The maximum absolute atomic E-state index is 7.91. The van der Waals surface area contributed by atoms with E-state index in [1.807, 2.05) is 6.07 Å². The van der Waals surface area contributed by atoms with Gasteiger partial charge in [0.15, 0.2) is 11.5 Å². The first-order valence-corrected chi connectivity index (χ1v) is 20.0. The van der Waals surface area contributed by atoms with E-state index in [0.29, 0.717) is 18.2 Å². The number of aryl methyl sites for hydroxylation is 3. The molecule has 0 saturated heterocycles. The summed E-state index contributed by atoms with van der Waals surface area (Å²) in [7, 11) is 0. The van der Waals surface area contributed by atoms with Gasteiger partial charge in [-0.2, -0.15) is 0 Å². The lowest BCUT2D eigenvalue weighted by Gasteiger charge is -2.34. The zero-order valence-corrected chi connectivity index (χ0v) is 34.6. The van der Waals surface area contributed by atoms with Crippen molar-refractivity contribution in [1.82, 2.24) is 0 Å². The van der Waals surface area contributed by atoms with Gasteiger partial charge in [0.25, 0.3) is 0 Å². The Bertz CT molecular complexity index is 2200. The quantitative estimate of drug-likeness (QED) is 0.173. The molecule has 1 heterocycles. The maximum Gasteiger partial charge on any atom is 0.163 e. The van der Waals surface area contributed by atoms with Crippen LogP contribution in [-0.2, 0) is 31.1 Å². The van der Waals surface area contributed by atoms with Crippen LogP contribution in [0.3, 0.4) is 0 Å². The number of nitrogens with zero attached hydrogens (tertiary/aromatic N) is 2. The van der Waals surface area contributed by atoms with Gasteiger partial charge in [-0.15, -0.1) is 0 Å². The first-order valence-electron chi connectivity index (χ1n) is 19.6. The minimum absolute atomic E-state index is 0.0146. The lowest BCUT2D eigenvalue weighted by Crippen LogP contribution is -2.19. The van der Waals surface area contributed by atoms with Gasteiger partial charge in [-0.25, -0.2) is 0 Å². The van der Waals surface area contributed by atoms with Crippen LogP contribution in [0.1, 0.15) is 93.0 Å². The highest BCUT2D eigenvalue weighted by Gasteiger charge is 2.33. The summed E-state index contributed by atoms with van der Waals surface area (Å²) in [4.78, 5) is 4.74. The topological polar surface area (TPSA) is 24.9 Å². The molecule has 0 N–H and O–H groups in total. The van der Waals surface area contributed by atoms with E-state index in [-0.39, 0.29) is 16.2 Å². The average Bonchev–Trinajstić information content (AvgIpc) is 3.59. The third-order valence-electron chi connectivity index (χ3n) is 11.6. The number of halogens is 1. The molecule has 3 aliphatic rings. The first kappa shape index (κ1) is 36.6. The molecular weight excluding hydrogens is 684 g/mol. The van der Waals surface area contributed by atoms with Crippen molar-refractivity contribution < 1.29 is 9.47 Å². The van der Waals surface area contributed by atoms with Gasteiger partial charge in [0.1, 0.15) is 13.2 Å². The Hall–Kier alpha value is -4.41. The standard InChI is InChI=1S/C49H55ClN2O2/c1-30-19-41(51(38-13-11-33-26-48(7,8)28-35(33)23-38)39-14-12-34-27-49(9,10)29-36(34)24-39)45(50)42(20-30)52(40-15-16-43-44(25-40)54-18-17-53-43)46-31(2)21-37(22-32(46)3)47(4,5)6/h11-16,19-25H,17-18,26-29H2,1-10H3. The summed E-state index contributed by atoms with van der Waals surface area (Å²) in [5, 5.41) is 0.691. The first-order chi connectivity index (χ1) is 25.5. The van der Waals surface area contributed by atoms with Crippen LogP contribution in [-0.4, -0.2) is 13.2 Å². The van der Waals surface area contributed by atoms with Crippen molar-refractivity contribution in [2.75, 3.05) is 23.0 Å². The van der Waals surface area contributed by atoms with E-state index in [2.05, 4.69) is 152 Å². The SMILES string of the molecule is Cc1cc(N(c2ccc3c(c2)CC(C)(C)C3)c2ccc3c(c2)CC(C)(C)C3)c(Cl)c(N(c2ccc3c(c2)OCCO3)c2c(C)cc(C(C)(C)C)cc2C)c1. The van der Waals surface area contributed by atoms with Crippen LogP contribution in [0.15, 0.2) is 78.9 Å². The summed E-state index contributed by atoms with van der Waals surface area (Å²) in [6.07, 6.45) is 4.33. The van der Waals surface area contributed by atoms with Gasteiger partial charge in [0.05, 0.1) is 27.8 Å². The number of fused-ring (bicyclic) bond motifs is 3. The van der Waals surface area contributed by atoms with E-state index >= 15 is 0 Å². The molecule has 0 aromatic heterocycles. The molecular formula is C49H55ClN2O2. The summed E-state index contributed by atoms with van der Waals surface area (Å²) in [5.41, 5.74) is 17.3. The number of anilines is 6. The highest BCUT2D eigenvalue weighted by atomic mass is 35.5. The van der Waals surface area contributed by atoms with Gasteiger partial charge in [0, 0.05) is 17.4 Å². The summed E-state index contributed by atoms with van der Waals surface area (Å²) in [6, 6.07) is 29.5. The molecule has 8 rings (SSSR count). The monoisotopic (exact) mass is 738 g/mol. The zero-order chi connectivity index (χ0) is 38.3. The van der Waals surface area contributed by atoms with Crippen LogP contribution in [0.4, 0.5) is 34.1 Å². The Kier molecular flexibility index (Phi) is 8.88. The predicted octanol–water partition coefficient (Wildman–Crippen LogP) is 13.5. The van der Waals surface area contributed by atoms with Crippen molar-refractivity contribution in [3.63, 3.8) is 0 Å². The fourth-order valence-corrected chi connectivity index (χ4v) is 9.43. The summed E-state index contributed by atoms with van der Waals surface area (Å²) in [5.74, 6) is 1.52. The molecule has 0 amide bonds. The third kappa shape index (κ3) is 6.76. The van der Waals surface area contributed by atoms with E-state index in [1.165, 1.54) is 38.9 Å². The van der Waals surface area contributed by atoms with Crippen LogP contribution in [0.2, 0.25) is 5.02 Å². The number of benzene rings is 5. The highest BCUT2D eigenvalue weighted by Crippen LogP contribution is 2.51. The Morgan fingerprint density at radius 2 is 1.02 bits per heavy atom. The molecule has 5 aromatic rings. The number of ether oxygens (including phenoxy) is 2. The molecule has 5 aromatic carbocycles. The van der Waals surface area contributed by atoms with Gasteiger partial charge >= 0.3 is 0 Å². The van der Waals surface area contributed by atoms with Gasteiger partial charge in [-0.3, -0.25) is 0 Å².